The van der Waals surface area contributed by atoms with Gasteiger partial charge in [0.2, 0.25) is 0 Å². The molecular weight excluding hydrogens is 352 g/mol. The van der Waals surface area contributed by atoms with Gasteiger partial charge in [-0.3, -0.25) is 4.79 Å². The van der Waals surface area contributed by atoms with Crippen LogP contribution in [0.2, 0.25) is 0 Å². The van der Waals surface area contributed by atoms with Crippen molar-refractivity contribution in [2.24, 2.45) is 0 Å². The van der Waals surface area contributed by atoms with Crippen molar-refractivity contribution in [3.63, 3.8) is 0 Å². The predicted molar refractivity (Wildman–Crippen MR) is 107 cm³/mol. The van der Waals surface area contributed by atoms with E-state index in [1.54, 1.807) is 31.4 Å². The molecule has 3 aromatic rings. The largest absolute Gasteiger partial charge is 0.497 e. The zero-order valence-electron chi connectivity index (χ0n) is 15.5. The van der Waals surface area contributed by atoms with Gasteiger partial charge in [0.1, 0.15) is 18.1 Å². The van der Waals surface area contributed by atoms with Crippen LogP contribution in [-0.2, 0) is 13.0 Å². The van der Waals surface area contributed by atoms with Crippen molar-refractivity contribution < 1.29 is 14.3 Å². The Morgan fingerprint density at radius 1 is 1.00 bits per heavy atom. The highest BCUT2D eigenvalue weighted by molar-refractivity contribution is 6.04. The zero-order chi connectivity index (χ0) is 19.8. The summed E-state index contributed by atoms with van der Waals surface area (Å²) in [5.74, 6) is 1.12. The van der Waals surface area contributed by atoms with Gasteiger partial charge in [-0.15, -0.1) is 0 Å². The third kappa shape index (κ3) is 4.89. The lowest BCUT2D eigenvalue weighted by atomic mass is 10.1. The summed E-state index contributed by atoms with van der Waals surface area (Å²) in [6.07, 6.45) is 0.374. The SMILES string of the molecule is COc1cccc(C(=O)Nc2ccccc2COc2ccc(CC#N)cc2)c1. The van der Waals surface area contributed by atoms with Gasteiger partial charge < -0.3 is 14.8 Å². The van der Waals surface area contributed by atoms with Crippen molar-refractivity contribution in [3.05, 3.63) is 89.5 Å². The molecule has 0 fully saturated rings. The Labute approximate surface area is 164 Å². The molecule has 3 rings (SSSR count). The van der Waals surface area contributed by atoms with Crippen molar-refractivity contribution in [1.29, 1.82) is 5.26 Å². The van der Waals surface area contributed by atoms with E-state index in [4.69, 9.17) is 14.7 Å². The number of rotatable bonds is 7. The van der Waals surface area contributed by atoms with E-state index in [9.17, 15) is 4.79 Å². The van der Waals surface area contributed by atoms with Crippen LogP contribution < -0.4 is 14.8 Å². The number of benzene rings is 3. The van der Waals surface area contributed by atoms with E-state index in [1.807, 2.05) is 48.5 Å². The maximum Gasteiger partial charge on any atom is 0.255 e. The number of carbonyl (C=O) groups is 1. The lowest BCUT2D eigenvalue weighted by molar-refractivity contribution is 0.102. The number of anilines is 1. The summed E-state index contributed by atoms with van der Waals surface area (Å²) in [6.45, 7) is 0.312. The summed E-state index contributed by atoms with van der Waals surface area (Å²) in [6, 6.07) is 24.0. The lowest BCUT2D eigenvalue weighted by Gasteiger charge is -2.13. The molecule has 0 atom stereocenters. The van der Waals surface area contributed by atoms with Crippen molar-refractivity contribution in [2.75, 3.05) is 12.4 Å². The normalized spacial score (nSPS) is 10.0. The van der Waals surface area contributed by atoms with Gasteiger partial charge in [0, 0.05) is 16.8 Å². The maximum absolute atomic E-state index is 12.6. The van der Waals surface area contributed by atoms with Crippen molar-refractivity contribution in [2.45, 2.75) is 13.0 Å². The van der Waals surface area contributed by atoms with E-state index in [0.29, 0.717) is 35.8 Å². The van der Waals surface area contributed by atoms with Crippen LogP contribution in [-0.4, -0.2) is 13.0 Å². The molecule has 28 heavy (non-hydrogen) atoms. The van der Waals surface area contributed by atoms with Crippen LogP contribution in [0.1, 0.15) is 21.5 Å². The average molecular weight is 372 g/mol. The summed E-state index contributed by atoms with van der Waals surface area (Å²) in [5, 5.41) is 11.7. The summed E-state index contributed by atoms with van der Waals surface area (Å²) in [7, 11) is 1.57. The van der Waals surface area contributed by atoms with E-state index < -0.39 is 0 Å². The van der Waals surface area contributed by atoms with E-state index in [1.165, 1.54) is 0 Å². The molecule has 5 nitrogen and oxygen atoms in total. The highest BCUT2D eigenvalue weighted by atomic mass is 16.5. The molecule has 140 valence electrons. The molecule has 0 heterocycles. The monoisotopic (exact) mass is 372 g/mol. The lowest BCUT2D eigenvalue weighted by Crippen LogP contribution is -2.14. The fraction of sp³-hybridized carbons (Fsp3) is 0.130. The number of para-hydroxylation sites is 1. The minimum Gasteiger partial charge on any atom is -0.497 e. The van der Waals surface area contributed by atoms with Crippen LogP contribution in [0.4, 0.5) is 5.69 Å². The highest BCUT2D eigenvalue weighted by Crippen LogP contribution is 2.21. The second-order valence-corrected chi connectivity index (χ2v) is 6.11. The second-order valence-electron chi connectivity index (χ2n) is 6.11. The number of nitriles is 1. The number of hydrogen-bond acceptors (Lipinski definition) is 4. The van der Waals surface area contributed by atoms with Gasteiger partial charge in [0.25, 0.3) is 5.91 Å². The van der Waals surface area contributed by atoms with Crippen molar-refractivity contribution in [1.82, 2.24) is 0 Å². The first-order chi connectivity index (χ1) is 13.7. The molecule has 0 aliphatic rings. The summed E-state index contributed by atoms with van der Waals surface area (Å²) in [5.41, 5.74) is 3.01. The van der Waals surface area contributed by atoms with Gasteiger partial charge in [-0.1, -0.05) is 36.4 Å². The van der Waals surface area contributed by atoms with Gasteiger partial charge in [-0.05, 0) is 42.0 Å². The minimum atomic E-state index is -0.216. The van der Waals surface area contributed by atoms with Gasteiger partial charge in [0.05, 0.1) is 19.6 Å². The third-order valence-corrected chi connectivity index (χ3v) is 4.20. The number of nitrogens with one attached hydrogen (secondary N) is 1. The number of nitrogens with zero attached hydrogens (tertiary/aromatic N) is 1. The summed E-state index contributed by atoms with van der Waals surface area (Å²) < 4.78 is 11.0. The van der Waals surface area contributed by atoms with E-state index in [2.05, 4.69) is 11.4 Å². The second kappa shape index (κ2) is 9.24. The van der Waals surface area contributed by atoms with Crippen LogP contribution in [0.3, 0.4) is 0 Å². The quantitative estimate of drug-likeness (QED) is 0.658. The van der Waals surface area contributed by atoms with Crippen LogP contribution in [0, 0.1) is 11.3 Å². The molecule has 0 unspecified atom stereocenters. The number of amides is 1. The van der Waals surface area contributed by atoms with Gasteiger partial charge in [-0.25, -0.2) is 0 Å². The number of methoxy groups -OCH3 is 1. The van der Waals surface area contributed by atoms with Crippen LogP contribution in [0.5, 0.6) is 11.5 Å². The van der Waals surface area contributed by atoms with E-state index in [0.717, 1.165) is 11.1 Å². The van der Waals surface area contributed by atoms with E-state index >= 15 is 0 Å². The fourth-order valence-electron chi connectivity index (χ4n) is 2.68. The van der Waals surface area contributed by atoms with Crippen LogP contribution in [0.15, 0.2) is 72.8 Å². The minimum absolute atomic E-state index is 0.216. The highest BCUT2D eigenvalue weighted by Gasteiger charge is 2.10. The molecule has 3 aromatic carbocycles. The molecular formula is C23H20N2O3. The maximum atomic E-state index is 12.6. The van der Waals surface area contributed by atoms with Gasteiger partial charge in [0.15, 0.2) is 0 Å². The smallest absolute Gasteiger partial charge is 0.255 e. The summed E-state index contributed by atoms with van der Waals surface area (Å²) in [4.78, 5) is 12.6. The first-order valence-electron chi connectivity index (χ1n) is 8.81. The molecule has 0 saturated heterocycles. The standard InChI is InChI=1S/C23H20N2O3/c1-27-21-7-4-6-18(15-21)23(26)25-22-8-3-2-5-19(22)16-28-20-11-9-17(10-12-20)13-14-24/h2-12,15H,13,16H2,1H3,(H,25,26). The Balaban J connectivity index is 1.68. The molecule has 0 aromatic heterocycles. The molecule has 0 radical (unpaired) electrons. The predicted octanol–water partition coefficient (Wildman–Crippen LogP) is 4.59. The Morgan fingerprint density at radius 3 is 2.54 bits per heavy atom. The average Bonchev–Trinajstić information content (AvgIpc) is 2.74. The van der Waals surface area contributed by atoms with Crippen molar-refractivity contribution >= 4 is 11.6 Å². The van der Waals surface area contributed by atoms with E-state index in [-0.39, 0.29) is 5.91 Å². The zero-order valence-corrected chi connectivity index (χ0v) is 15.5. The molecule has 0 bridgehead atoms. The molecule has 1 amide bonds. The Morgan fingerprint density at radius 2 is 1.79 bits per heavy atom. The molecule has 0 saturated carbocycles. The van der Waals surface area contributed by atoms with Crippen molar-refractivity contribution in [3.8, 4) is 17.6 Å². The first kappa shape index (κ1) is 19.0. The number of hydrogen-bond donors (Lipinski definition) is 1. The molecule has 5 heteroatoms. The van der Waals surface area contributed by atoms with Crippen LogP contribution >= 0.6 is 0 Å². The number of ether oxygens (including phenoxy) is 2. The number of carbonyl (C=O) groups excluding carboxylic acids is 1. The summed E-state index contributed by atoms with van der Waals surface area (Å²) >= 11 is 0. The Hall–Kier alpha value is -3.78. The third-order valence-electron chi connectivity index (χ3n) is 4.20. The molecule has 0 aliphatic carbocycles. The Bertz CT molecular complexity index is 991. The van der Waals surface area contributed by atoms with Gasteiger partial charge in [-0.2, -0.15) is 5.26 Å². The fourth-order valence-corrected chi connectivity index (χ4v) is 2.68. The molecule has 1 N–H and O–H groups in total. The van der Waals surface area contributed by atoms with Gasteiger partial charge >= 0.3 is 0 Å². The Kier molecular flexibility index (Phi) is 6.27. The molecule has 0 aliphatic heterocycles. The molecule has 0 spiro atoms. The van der Waals surface area contributed by atoms with Crippen LogP contribution in [0.25, 0.3) is 0 Å². The topological polar surface area (TPSA) is 71.3 Å². The first-order valence-corrected chi connectivity index (χ1v) is 8.81.